The van der Waals surface area contributed by atoms with Gasteiger partial charge in [-0.2, -0.15) is 0 Å². The fourth-order valence-electron chi connectivity index (χ4n) is 5.71. The van der Waals surface area contributed by atoms with Crippen LogP contribution in [0.15, 0.2) is 11.1 Å². The van der Waals surface area contributed by atoms with Crippen molar-refractivity contribution in [3.8, 4) is 11.5 Å². The fraction of sp³-hybridized carbons (Fsp3) is 0.696. The minimum atomic E-state index is 0.0239. The summed E-state index contributed by atoms with van der Waals surface area (Å²) in [6, 6.07) is 2.39. The molecule has 0 spiro atoms. The van der Waals surface area contributed by atoms with E-state index in [4.69, 9.17) is 4.99 Å². The molecule has 3 aliphatic rings. The minimum Gasteiger partial charge on any atom is -0.508 e. The highest BCUT2D eigenvalue weighted by Gasteiger charge is 2.48. The Morgan fingerprint density at radius 2 is 1.88 bits per heavy atom. The normalized spacial score (nSPS) is 33.0. The summed E-state index contributed by atoms with van der Waals surface area (Å²) in [5.41, 5.74) is 3.89. The Morgan fingerprint density at radius 3 is 2.50 bits per heavy atom. The van der Waals surface area contributed by atoms with Crippen LogP contribution in [0.2, 0.25) is 0 Å². The van der Waals surface area contributed by atoms with Crippen molar-refractivity contribution < 1.29 is 10.2 Å². The van der Waals surface area contributed by atoms with Gasteiger partial charge in [0.1, 0.15) is 11.5 Å². The molecule has 1 aromatic rings. The third-order valence-electron chi connectivity index (χ3n) is 7.49. The second kappa shape index (κ2) is 6.28. The van der Waals surface area contributed by atoms with Crippen molar-refractivity contribution in [2.45, 2.75) is 90.0 Å². The van der Waals surface area contributed by atoms with Gasteiger partial charge in [0.05, 0.1) is 6.04 Å². The van der Waals surface area contributed by atoms with Crippen molar-refractivity contribution in [1.29, 1.82) is 0 Å². The van der Waals surface area contributed by atoms with Gasteiger partial charge in [0.25, 0.3) is 0 Å². The Kier molecular flexibility index (Phi) is 4.32. The molecule has 3 heteroatoms. The van der Waals surface area contributed by atoms with E-state index in [-0.39, 0.29) is 22.8 Å². The molecule has 142 valence electrons. The van der Waals surface area contributed by atoms with E-state index >= 15 is 0 Å². The summed E-state index contributed by atoms with van der Waals surface area (Å²) in [5, 5.41) is 21.9. The van der Waals surface area contributed by atoms with Crippen molar-refractivity contribution >= 4 is 5.71 Å². The summed E-state index contributed by atoms with van der Waals surface area (Å²) in [7, 11) is 0. The molecule has 2 N–H and O–H groups in total. The van der Waals surface area contributed by atoms with Crippen LogP contribution in [0.1, 0.15) is 95.2 Å². The Balaban J connectivity index is 1.94. The van der Waals surface area contributed by atoms with E-state index < -0.39 is 0 Å². The Morgan fingerprint density at radius 1 is 1.15 bits per heavy atom. The maximum Gasteiger partial charge on any atom is 0.132 e. The summed E-state index contributed by atoms with van der Waals surface area (Å²) in [5.74, 6) is 1.82. The highest BCUT2D eigenvalue weighted by Crippen LogP contribution is 2.56. The molecule has 0 radical (unpaired) electrons. The Hall–Kier alpha value is -1.51. The van der Waals surface area contributed by atoms with Gasteiger partial charge in [-0.15, -0.1) is 0 Å². The van der Waals surface area contributed by atoms with Gasteiger partial charge in [-0.25, -0.2) is 0 Å². The van der Waals surface area contributed by atoms with Gasteiger partial charge in [0.15, 0.2) is 0 Å². The van der Waals surface area contributed by atoms with Crippen LogP contribution >= 0.6 is 0 Å². The second-order valence-corrected chi connectivity index (χ2v) is 9.49. The maximum atomic E-state index is 11.2. The molecule has 0 saturated heterocycles. The number of rotatable bonds is 2. The van der Waals surface area contributed by atoms with Gasteiger partial charge in [0.2, 0.25) is 0 Å². The monoisotopic (exact) mass is 355 g/mol. The lowest BCUT2D eigenvalue weighted by atomic mass is 9.54. The summed E-state index contributed by atoms with van der Waals surface area (Å²) in [6.07, 6.45) is 8.20. The van der Waals surface area contributed by atoms with E-state index in [0.717, 1.165) is 29.7 Å². The molecule has 2 fully saturated rings. The van der Waals surface area contributed by atoms with Crippen LogP contribution in [0.3, 0.4) is 0 Å². The number of phenolic OH excluding ortho intramolecular Hbond substituents is 2. The van der Waals surface area contributed by atoms with E-state index in [0.29, 0.717) is 23.4 Å². The van der Waals surface area contributed by atoms with E-state index in [1.165, 1.54) is 32.1 Å². The molecule has 3 unspecified atom stereocenters. The number of benzene rings is 1. The van der Waals surface area contributed by atoms with Gasteiger partial charge >= 0.3 is 0 Å². The third kappa shape index (κ3) is 2.58. The van der Waals surface area contributed by atoms with Gasteiger partial charge in [-0.3, -0.25) is 4.99 Å². The standard InChI is InChI=1S/C23H33NO2/c1-13(2)20-19(25)12-17-21(22(20)26)18(24-15-8-5-9-15)11-16-14(3)7-6-10-23(16,17)4/h12-16,25-26H,5-11H2,1-4H3. The predicted molar refractivity (Wildman–Crippen MR) is 107 cm³/mol. The van der Waals surface area contributed by atoms with Crippen LogP contribution in [0.5, 0.6) is 11.5 Å². The highest BCUT2D eigenvalue weighted by atomic mass is 16.3. The molecule has 3 atom stereocenters. The smallest absolute Gasteiger partial charge is 0.132 e. The zero-order chi connectivity index (χ0) is 18.6. The number of fused-ring (bicyclic) bond motifs is 3. The van der Waals surface area contributed by atoms with E-state index in [2.05, 4.69) is 13.8 Å². The van der Waals surface area contributed by atoms with Gasteiger partial charge in [0, 0.05) is 16.8 Å². The first-order chi connectivity index (χ1) is 12.3. The molecule has 4 rings (SSSR count). The minimum absolute atomic E-state index is 0.0239. The predicted octanol–water partition coefficient (Wildman–Crippen LogP) is 5.66. The quantitative estimate of drug-likeness (QED) is 0.719. The lowest BCUT2D eigenvalue weighted by Crippen LogP contribution is -2.45. The Bertz CT molecular complexity index is 747. The third-order valence-corrected chi connectivity index (χ3v) is 7.49. The highest BCUT2D eigenvalue weighted by molar-refractivity contribution is 6.06. The van der Waals surface area contributed by atoms with Gasteiger partial charge < -0.3 is 10.2 Å². The lowest BCUT2D eigenvalue weighted by molar-refractivity contribution is 0.138. The van der Waals surface area contributed by atoms with Crippen LogP contribution < -0.4 is 0 Å². The second-order valence-electron chi connectivity index (χ2n) is 9.49. The maximum absolute atomic E-state index is 11.2. The topological polar surface area (TPSA) is 52.8 Å². The molecule has 1 aromatic carbocycles. The summed E-state index contributed by atoms with van der Waals surface area (Å²) < 4.78 is 0. The summed E-state index contributed by atoms with van der Waals surface area (Å²) >= 11 is 0. The van der Waals surface area contributed by atoms with Crippen molar-refractivity contribution in [3.05, 3.63) is 22.8 Å². The molecular formula is C23H33NO2. The average molecular weight is 356 g/mol. The summed E-state index contributed by atoms with van der Waals surface area (Å²) in [6.45, 7) is 8.77. The van der Waals surface area contributed by atoms with E-state index in [9.17, 15) is 10.2 Å². The largest absolute Gasteiger partial charge is 0.508 e. The molecule has 0 amide bonds. The van der Waals surface area contributed by atoms with Crippen molar-refractivity contribution in [2.75, 3.05) is 0 Å². The number of nitrogens with zero attached hydrogens (tertiary/aromatic N) is 1. The number of aliphatic imine (C=N–C) groups is 1. The Labute approximate surface area is 157 Å². The molecule has 0 heterocycles. The zero-order valence-electron chi connectivity index (χ0n) is 16.7. The van der Waals surface area contributed by atoms with Crippen LogP contribution in [-0.2, 0) is 5.41 Å². The SMILES string of the molecule is CC(C)c1c(O)cc2c(c1O)C(=NC1CCC1)CC1C(C)CCCC21C. The lowest BCUT2D eigenvalue weighted by Gasteiger charge is -2.50. The molecule has 0 aliphatic heterocycles. The number of phenols is 2. The van der Waals surface area contributed by atoms with Crippen molar-refractivity contribution in [1.82, 2.24) is 0 Å². The molecule has 26 heavy (non-hydrogen) atoms. The summed E-state index contributed by atoms with van der Waals surface area (Å²) in [4.78, 5) is 5.11. The molecule has 0 aromatic heterocycles. The van der Waals surface area contributed by atoms with Crippen molar-refractivity contribution in [2.24, 2.45) is 16.8 Å². The molecule has 0 bridgehead atoms. The number of hydrogen-bond acceptors (Lipinski definition) is 3. The number of aromatic hydroxyl groups is 2. The number of hydrogen-bond donors (Lipinski definition) is 2. The molecule has 3 nitrogen and oxygen atoms in total. The fourth-order valence-corrected chi connectivity index (χ4v) is 5.71. The van der Waals surface area contributed by atoms with Crippen LogP contribution in [0.25, 0.3) is 0 Å². The van der Waals surface area contributed by atoms with Gasteiger partial charge in [-0.05, 0) is 66.9 Å². The van der Waals surface area contributed by atoms with E-state index in [1.807, 2.05) is 19.9 Å². The van der Waals surface area contributed by atoms with Gasteiger partial charge in [-0.1, -0.05) is 40.5 Å². The first-order valence-electron chi connectivity index (χ1n) is 10.5. The van der Waals surface area contributed by atoms with Crippen LogP contribution in [-0.4, -0.2) is 22.0 Å². The van der Waals surface area contributed by atoms with E-state index in [1.54, 1.807) is 0 Å². The molecular weight excluding hydrogens is 322 g/mol. The van der Waals surface area contributed by atoms with Crippen LogP contribution in [0.4, 0.5) is 0 Å². The van der Waals surface area contributed by atoms with Crippen molar-refractivity contribution in [3.63, 3.8) is 0 Å². The first-order valence-corrected chi connectivity index (χ1v) is 10.5. The molecule has 3 aliphatic carbocycles. The molecule has 2 saturated carbocycles. The van der Waals surface area contributed by atoms with Crippen LogP contribution in [0, 0.1) is 11.8 Å². The average Bonchev–Trinajstić information content (AvgIpc) is 2.51. The zero-order valence-corrected chi connectivity index (χ0v) is 16.7. The first kappa shape index (κ1) is 17.9.